The van der Waals surface area contributed by atoms with E-state index in [-0.39, 0.29) is 11.8 Å². The highest BCUT2D eigenvalue weighted by Gasteiger charge is 2.50. The number of piperidine rings is 1. The van der Waals surface area contributed by atoms with Crippen LogP contribution < -0.4 is 20.4 Å². The lowest BCUT2D eigenvalue weighted by Gasteiger charge is -2.43. The number of aromatic nitrogens is 1. The molecule has 2 amide bonds. The first-order valence-corrected chi connectivity index (χ1v) is 15.5. The monoisotopic (exact) mass is 606 g/mol. The van der Waals surface area contributed by atoms with Crippen LogP contribution in [-0.4, -0.2) is 60.1 Å². The van der Waals surface area contributed by atoms with Gasteiger partial charge < -0.3 is 25.3 Å². The molecule has 2 saturated heterocycles. The van der Waals surface area contributed by atoms with Crippen molar-refractivity contribution in [3.8, 4) is 11.1 Å². The first-order valence-electron chi connectivity index (χ1n) is 15.2. The fraction of sp³-hybridized carbons (Fsp3) is 0.286. The number of carbonyl (C=O) groups is 2. The van der Waals surface area contributed by atoms with Crippen LogP contribution in [0.4, 0.5) is 17.2 Å². The summed E-state index contributed by atoms with van der Waals surface area (Å²) >= 11 is 6.31. The van der Waals surface area contributed by atoms with Crippen molar-refractivity contribution in [2.24, 2.45) is 0 Å². The first-order chi connectivity index (χ1) is 21.4. The zero-order chi connectivity index (χ0) is 30.3. The highest BCUT2D eigenvalue weighted by atomic mass is 35.5. The molecule has 2 fully saturated rings. The summed E-state index contributed by atoms with van der Waals surface area (Å²) in [6, 6.07) is 26.0. The molecule has 0 bridgehead atoms. The largest absolute Gasteiger partial charge is 0.367 e. The summed E-state index contributed by atoms with van der Waals surface area (Å²) in [6.07, 6.45) is 3.04. The van der Waals surface area contributed by atoms with E-state index < -0.39 is 5.54 Å². The zero-order valence-corrected chi connectivity index (χ0v) is 25.5. The van der Waals surface area contributed by atoms with Gasteiger partial charge in [-0.25, -0.2) is 4.98 Å². The van der Waals surface area contributed by atoms with Gasteiger partial charge in [-0.15, -0.1) is 0 Å². The van der Waals surface area contributed by atoms with Crippen LogP contribution in [0.1, 0.15) is 34.3 Å². The number of halogens is 1. The average molecular weight is 607 g/mol. The van der Waals surface area contributed by atoms with Crippen molar-refractivity contribution in [3.63, 3.8) is 0 Å². The Balaban J connectivity index is 1.09. The molecule has 3 aliphatic rings. The minimum Gasteiger partial charge on any atom is -0.367 e. The molecule has 44 heavy (non-hydrogen) atoms. The zero-order valence-electron chi connectivity index (χ0n) is 24.7. The van der Waals surface area contributed by atoms with E-state index in [9.17, 15) is 9.59 Å². The lowest BCUT2D eigenvalue weighted by Crippen LogP contribution is -2.57. The lowest BCUT2D eigenvalue weighted by molar-refractivity contribution is -0.124. The second-order valence-corrected chi connectivity index (χ2v) is 12.3. The van der Waals surface area contributed by atoms with Crippen LogP contribution in [0.25, 0.3) is 11.1 Å². The number of para-hydroxylation sites is 1. The number of amides is 2. The van der Waals surface area contributed by atoms with E-state index in [1.807, 2.05) is 77.8 Å². The van der Waals surface area contributed by atoms with Gasteiger partial charge in [-0.05, 0) is 78.9 Å². The number of carbonyl (C=O) groups excluding carboxylic acids is 2. The smallest absolute Gasteiger partial charge is 0.253 e. The van der Waals surface area contributed by atoms with Gasteiger partial charge in [-0.2, -0.15) is 0 Å². The van der Waals surface area contributed by atoms with Crippen molar-refractivity contribution in [3.05, 3.63) is 107 Å². The number of fused-ring (bicyclic) bond motifs is 1. The number of nitrogens with zero attached hydrogens (tertiary/aromatic N) is 4. The number of likely N-dealkylation sites (tertiary alicyclic amines) is 1. The Labute approximate surface area is 262 Å². The third-order valence-corrected chi connectivity index (χ3v) is 9.52. The van der Waals surface area contributed by atoms with Gasteiger partial charge in [-0.1, -0.05) is 48.0 Å². The molecule has 1 spiro atoms. The highest BCUT2D eigenvalue weighted by Crippen LogP contribution is 2.37. The molecule has 0 radical (unpaired) electrons. The van der Waals surface area contributed by atoms with Crippen LogP contribution in [0, 0.1) is 6.92 Å². The summed E-state index contributed by atoms with van der Waals surface area (Å²) in [7, 11) is 0. The molecule has 0 atom stereocenters. The normalized spacial score (nSPS) is 17.3. The Morgan fingerprint density at radius 3 is 2.57 bits per heavy atom. The second-order valence-electron chi connectivity index (χ2n) is 11.8. The second kappa shape index (κ2) is 11.5. The number of hydrogen-bond acceptors (Lipinski definition) is 6. The average Bonchev–Trinajstić information content (AvgIpc) is 3.37. The number of rotatable bonds is 5. The molecule has 3 aliphatic heterocycles. The molecule has 7 rings (SSSR count). The van der Waals surface area contributed by atoms with E-state index in [2.05, 4.69) is 39.5 Å². The molecular formula is C35H35ClN6O2. The molecule has 0 unspecified atom stereocenters. The maximum atomic E-state index is 13.7. The number of nitrogens with one attached hydrogen (secondary N) is 2. The van der Waals surface area contributed by atoms with Crippen molar-refractivity contribution in [2.75, 3.05) is 48.0 Å². The van der Waals surface area contributed by atoms with Crippen LogP contribution in [0.3, 0.4) is 0 Å². The van der Waals surface area contributed by atoms with E-state index in [0.717, 1.165) is 53.0 Å². The van der Waals surface area contributed by atoms with Gasteiger partial charge in [0.2, 0.25) is 5.91 Å². The molecule has 0 saturated carbocycles. The summed E-state index contributed by atoms with van der Waals surface area (Å²) in [4.78, 5) is 37.9. The molecule has 224 valence electrons. The van der Waals surface area contributed by atoms with Crippen molar-refractivity contribution >= 4 is 40.6 Å². The molecular weight excluding hydrogens is 572 g/mol. The van der Waals surface area contributed by atoms with Gasteiger partial charge in [0, 0.05) is 60.8 Å². The number of hydrogen-bond donors (Lipinski definition) is 2. The maximum Gasteiger partial charge on any atom is 0.253 e. The van der Waals surface area contributed by atoms with Gasteiger partial charge in [-0.3, -0.25) is 9.59 Å². The van der Waals surface area contributed by atoms with Crippen LogP contribution in [-0.2, 0) is 11.3 Å². The predicted octanol–water partition coefficient (Wildman–Crippen LogP) is 5.71. The van der Waals surface area contributed by atoms with E-state index in [1.165, 1.54) is 11.1 Å². The third-order valence-electron chi connectivity index (χ3n) is 9.28. The minimum atomic E-state index is -0.627. The number of benzene rings is 3. The Hall–Kier alpha value is -4.56. The predicted molar refractivity (Wildman–Crippen MR) is 175 cm³/mol. The maximum absolute atomic E-state index is 13.7. The first kappa shape index (κ1) is 28.2. The van der Waals surface area contributed by atoms with E-state index >= 15 is 0 Å². The van der Waals surface area contributed by atoms with Gasteiger partial charge in [0.1, 0.15) is 11.4 Å². The number of aryl methyl sites for hydroxylation is 1. The molecule has 1 aromatic heterocycles. The highest BCUT2D eigenvalue weighted by molar-refractivity contribution is 6.30. The summed E-state index contributed by atoms with van der Waals surface area (Å²) in [5, 5.41) is 7.19. The molecule has 8 nitrogen and oxygen atoms in total. The van der Waals surface area contributed by atoms with Crippen molar-refractivity contribution in [2.45, 2.75) is 31.8 Å². The van der Waals surface area contributed by atoms with Crippen LogP contribution >= 0.6 is 11.6 Å². The van der Waals surface area contributed by atoms with E-state index in [4.69, 9.17) is 16.6 Å². The summed E-state index contributed by atoms with van der Waals surface area (Å²) in [5.41, 5.74) is 6.35. The number of anilines is 3. The quantitative estimate of drug-likeness (QED) is 0.303. The van der Waals surface area contributed by atoms with Gasteiger partial charge >= 0.3 is 0 Å². The Bertz CT molecular complexity index is 1720. The summed E-state index contributed by atoms with van der Waals surface area (Å²) in [6.45, 7) is 6.02. The SMILES string of the molecule is Cc1ccc(Cl)cc1CN1CCNc2ncc(-c3cccc(C(=O)N4CCC5(CC4)C(=O)NCN5c4ccccc4)c3)cc21. The van der Waals surface area contributed by atoms with Crippen LogP contribution in [0.15, 0.2) is 85.1 Å². The fourth-order valence-electron chi connectivity index (χ4n) is 6.72. The molecule has 0 aliphatic carbocycles. The van der Waals surface area contributed by atoms with Crippen molar-refractivity contribution < 1.29 is 9.59 Å². The van der Waals surface area contributed by atoms with Crippen molar-refractivity contribution in [1.82, 2.24) is 15.2 Å². The lowest BCUT2D eigenvalue weighted by atomic mass is 9.85. The number of pyridine rings is 1. The summed E-state index contributed by atoms with van der Waals surface area (Å²) in [5.74, 6) is 0.885. The summed E-state index contributed by atoms with van der Waals surface area (Å²) < 4.78 is 0. The van der Waals surface area contributed by atoms with Crippen molar-refractivity contribution in [1.29, 1.82) is 0 Å². The molecule has 4 heterocycles. The molecule has 9 heteroatoms. The Kier molecular flexibility index (Phi) is 7.38. The van der Waals surface area contributed by atoms with E-state index in [0.29, 0.717) is 38.2 Å². The Morgan fingerprint density at radius 1 is 0.932 bits per heavy atom. The molecule has 4 aromatic rings. The van der Waals surface area contributed by atoms with Gasteiger partial charge in [0.05, 0.1) is 12.4 Å². The molecule has 2 N–H and O–H groups in total. The minimum absolute atomic E-state index is 0.0167. The van der Waals surface area contributed by atoms with Crippen LogP contribution in [0.5, 0.6) is 0 Å². The topological polar surface area (TPSA) is 80.8 Å². The van der Waals surface area contributed by atoms with Gasteiger partial charge in [0.25, 0.3) is 5.91 Å². The fourth-order valence-corrected chi connectivity index (χ4v) is 6.92. The third kappa shape index (κ3) is 5.13. The molecule has 3 aromatic carbocycles. The Morgan fingerprint density at radius 2 is 1.75 bits per heavy atom. The van der Waals surface area contributed by atoms with E-state index in [1.54, 1.807) is 0 Å². The van der Waals surface area contributed by atoms with Crippen LogP contribution in [0.2, 0.25) is 5.02 Å². The standard InChI is InChI=1S/C35H35ClN6O2/c1-24-10-11-29(36)19-28(24)22-41-17-14-37-32-31(41)20-27(21-38-32)25-6-5-7-26(18-25)33(43)40-15-12-35(13-16-40)34(44)39-23-42(35)30-8-3-2-4-9-30/h2-11,18-21H,12-17,22-23H2,1H3,(H,37,38)(H,39,44). The van der Waals surface area contributed by atoms with Gasteiger partial charge in [0.15, 0.2) is 0 Å².